The van der Waals surface area contributed by atoms with Crippen LogP contribution in [0.2, 0.25) is 0 Å². The van der Waals surface area contributed by atoms with Gasteiger partial charge >= 0.3 is 0 Å². The average molecular weight is 278 g/mol. The average Bonchev–Trinajstić information content (AvgIpc) is 2.23. The number of alkyl halides is 1. The van der Waals surface area contributed by atoms with Crippen LogP contribution in [0.3, 0.4) is 0 Å². The van der Waals surface area contributed by atoms with Crippen LogP contribution >= 0.6 is 15.9 Å². The third-order valence-corrected chi connectivity index (χ3v) is 2.62. The van der Waals surface area contributed by atoms with Gasteiger partial charge in [-0.05, 0) is 37.6 Å². The molecule has 1 N–H and O–H groups in total. The number of halogens is 3. The molecule has 1 nitrogen and oxygen atoms in total. The summed E-state index contributed by atoms with van der Waals surface area (Å²) in [5, 5.41) is 4.05. The van der Waals surface area contributed by atoms with Crippen molar-refractivity contribution in [2.24, 2.45) is 0 Å². The Morgan fingerprint density at radius 2 is 2.00 bits per heavy atom. The Bertz CT molecular complexity index is 305. The van der Waals surface area contributed by atoms with E-state index in [0.29, 0.717) is 12.1 Å². The van der Waals surface area contributed by atoms with Gasteiger partial charge in [-0.15, -0.1) is 0 Å². The molecule has 0 bridgehead atoms. The molecular weight excluding hydrogens is 264 g/mol. The van der Waals surface area contributed by atoms with Crippen molar-refractivity contribution in [1.29, 1.82) is 0 Å². The summed E-state index contributed by atoms with van der Waals surface area (Å²) in [6, 6.07) is 3.52. The largest absolute Gasteiger partial charge is 0.313 e. The molecule has 0 fully saturated rings. The van der Waals surface area contributed by atoms with Gasteiger partial charge in [0.15, 0.2) is 0 Å². The minimum atomic E-state index is -0.395. The lowest BCUT2D eigenvalue weighted by Gasteiger charge is -2.05. The molecule has 84 valence electrons. The van der Waals surface area contributed by atoms with E-state index >= 15 is 0 Å². The van der Waals surface area contributed by atoms with Crippen molar-refractivity contribution < 1.29 is 8.78 Å². The zero-order chi connectivity index (χ0) is 11.1. The number of nitrogens with one attached hydrogen (secondary N) is 1. The minimum absolute atomic E-state index is 0.357. The summed E-state index contributed by atoms with van der Waals surface area (Å²) in [7, 11) is 0. The van der Waals surface area contributed by atoms with Crippen molar-refractivity contribution >= 4 is 15.9 Å². The Labute approximate surface area is 97.0 Å². The number of hydrogen-bond acceptors (Lipinski definition) is 1. The zero-order valence-corrected chi connectivity index (χ0v) is 9.99. The van der Waals surface area contributed by atoms with Gasteiger partial charge in [0.2, 0.25) is 0 Å². The molecule has 0 aromatic heterocycles. The van der Waals surface area contributed by atoms with Gasteiger partial charge in [-0.1, -0.05) is 15.9 Å². The minimum Gasteiger partial charge on any atom is -0.313 e. The molecule has 0 saturated carbocycles. The molecule has 0 aliphatic carbocycles. The summed E-state index contributed by atoms with van der Waals surface area (Å²) in [5.74, 6) is -0.752. The Morgan fingerprint density at radius 1 is 1.20 bits per heavy atom. The van der Waals surface area contributed by atoms with Gasteiger partial charge in [-0.2, -0.15) is 0 Å². The van der Waals surface area contributed by atoms with E-state index in [1.807, 2.05) is 0 Å². The van der Waals surface area contributed by atoms with Crippen LogP contribution in [-0.2, 0) is 6.54 Å². The van der Waals surface area contributed by atoms with E-state index in [1.54, 1.807) is 0 Å². The van der Waals surface area contributed by atoms with Crippen molar-refractivity contribution in [2.75, 3.05) is 11.9 Å². The van der Waals surface area contributed by atoms with Crippen molar-refractivity contribution in [3.8, 4) is 0 Å². The van der Waals surface area contributed by atoms with Gasteiger partial charge in [-0.3, -0.25) is 0 Å². The first-order valence-electron chi connectivity index (χ1n) is 4.94. The summed E-state index contributed by atoms with van der Waals surface area (Å²) < 4.78 is 25.9. The second kappa shape index (κ2) is 6.90. The summed E-state index contributed by atoms with van der Waals surface area (Å²) in [5.41, 5.74) is 0.383. The molecular formula is C11H14BrF2N. The third kappa shape index (κ3) is 4.71. The van der Waals surface area contributed by atoms with Crippen LogP contribution in [0.25, 0.3) is 0 Å². The lowest BCUT2D eigenvalue weighted by atomic mass is 10.2. The lowest BCUT2D eigenvalue weighted by Crippen LogP contribution is -2.15. The SMILES string of the molecule is Fc1ccc(F)c(CNCCCCBr)c1. The van der Waals surface area contributed by atoms with E-state index in [-0.39, 0.29) is 5.82 Å². The van der Waals surface area contributed by atoms with Crippen molar-refractivity contribution in [3.05, 3.63) is 35.4 Å². The van der Waals surface area contributed by atoms with E-state index in [0.717, 1.165) is 36.8 Å². The first-order valence-corrected chi connectivity index (χ1v) is 6.07. The Morgan fingerprint density at radius 3 is 2.73 bits per heavy atom. The van der Waals surface area contributed by atoms with E-state index < -0.39 is 5.82 Å². The Kier molecular flexibility index (Phi) is 5.79. The van der Waals surface area contributed by atoms with Crippen molar-refractivity contribution in [1.82, 2.24) is 5.32 Å². The fraction of sp³-hybridized carbons (Fsp3) is 0.455. The first kappa shape index (κ1) is 12.6. The highest BCUT2D eigenvalue weighted by Gasteiger charge is 2.02. The fourth-order valence-corrected chi connectivity index (χ4v) is 1.64. The predicted molar refractivity (Wildman–Crippen MR) is 61.1 cm³/mol. The molecule has 1 aromatic rings. The van der Waals surface area contributed by atoms with Crippen LogP contribution in [-0.4, -0.2) is 11.9 Å². The van der Waals surface area contributed by atoms with Crippen molar-refractivity contribution in [2.45, 2.75) is 19.4 Å². The number of hydrogen-bond donors (Lipinski definition) is 1. The van der Waals surface area contributed by atoms with Crippen LogP contribution in [0.4, 0.5) is 8.78 Å². The van der Waals surface area contributed by atoms with Crippen LogP contribution < -0.4 is 5.32 Å². The van der Waals surface area contributed by atoms with E-state index in [9.17, 15) is 8.78 Å². The maximum Gasteiger partial charge on any atom is 0.127 e. The molecule has 0 aliphatic rings. The molecule has 0 atom stereocenters. The topological polar surface area (TPSA) is 12.0 Å². The Hall–Kier alpha value is -0.480. The van der Waals surface area contributed by atoms with Gasteiger partial charge in [0.05, 0.1) is 0 Å². The van der Waals surface area contributed by atoms with Crippen molar-refractivity contribution in [3.63, 3.8) is 0 Å². The third-order valence-electron chi connectivity index (χ3n) is 2.06. The molecule has 4 heteroatoms. The normalized spacial score (nSPS) is 10.6. The molecule has 1 rings (SSSR count). The highest BCUT2D eigenvalue weighted by atomic mass is 79.9. The van der Waals surface area contributed by atoms with Crippen LogP contribution in [0.15, 0.2) is 18.2 Å². The molecule has 0 spiro atoms. The van der Waals surface area contributed by atoms with E-state index in [2.05, 4.69) is 21.2 Å². The smallest absolute Gasteiger partial charge is 0.127 e. The number of rotatable bonds is 6. The quantitative estimate of drug-likeness (QED) is 0.622. The second-order valence-electron chi connectivity index (χ2n) is 3.31. The molecule has 0 radical (unpaired) electrons. The van der Waals surface area contributed by atoms with Crippen LogP contribution in [0.1, 0.15) is 18.4 Å². The molecule has 0 unspecified atom stereocenters. The standard InChI is InChI=1S/C11H14BrF2N/c12-5-1-2-6-15-8-9-7-10(13)3-4-11(9)14/h3-4,7,15H,1-2,5-6,8H2. The fourth-order valence-electron chi connectivity index (χ4n) is 1.25. The van der Waals surface area contributed by atoms with Crippen LogP contribution in [0.5, 0.6) is 0 Å². The second-order valence-corrected chi connectivity index (χ2v) is 4.10. The van der Waals surface area contributed by atoms with Gasteiger partial charge in [0, 0.05) is 17.4 Å². The van der Waals surface area contributed by atoms with Crippen LogP contribution in [0, 0.1) is 11.6 Å². The first-order chi connectivity index (χ1) is 7.24. The molecule has 1 aromatic carbocycles. The molecule has 0 amide bonds. The number of benzene rings is 1. The molecule has 0 aliphatic heterocycles. The van der Waals surface area contributed by atoms with E-state index in [4.69, 9.17) is 0 Å². The van der Waals surface area contributed by atoms with Gasteiger partial charge in [-0.25, -0.2) is 8.78 Å². The zero-order valence-electron chi connectivity index (χ0n) is 8.40. The van der Waals surface area contributed by atoms with Gasteiger partial charge in [0.1, 0.15) is 11.6 Å². The highest BCUT2D eigenvalue weighted by molar-refractivity contribution is 9.09. The maximum absolute atomic E-state index is 13.1. The lowest BCUT2D eigenvalue weighted by molar-refractivity contribution is 0.564. The summed E-state index contributed by atoms with van der Waals surface area (Å²) in [6.07, 6.45) is 2.11. The van der Waals surface area contributed by atoms with E-state index in [1.165, 1.54) is 6.07 Å². The number of unbranched alkanes of at least 4 members (excludes halogenated alkanes) is 1. The summed E-state index contributed by atoms with van der Waals surface area (Å²) in [6.45, 7) is 1.20. The molecule has 0 heterocycles. The molecule has 0 saturated heterocycles. The predicted octanol–water partition coefficient (Wildman–Crippen LogP) is 3.23. The highest BCUT2D eigenvalue weighted by Crippen LogP contribution is 2.09. The maximum atomic E-state index is 13.1. The van der Waals surface area contributed by atoms with Gasteiger partial charge < -0.3 is 5.32 Å². The summed E-state index contributed by atoms with van der Waals surface area (Å²) >= 11 is 3.33. The monoisotopic (exact) mass is 277 g/mol. The Balaban J connectivity index is 2.33. The van der Waals surface area contributed by atoms with Gasteiger partial charge in [0.25, 0.3) is 0 Å². The summed E-state index contributed by atoms with van der Waals surface area (Å²) in [4.78, 5) is 0. The molecule has 15 heavy (non-hydrogen) atoms.